The number of ether oxygens (including phenoxy) is 1. The van der Waals surface area contributed by atoms with Crippen molar-refractivity contribution in [3.05, 3.63) is 68.3 Å². The number of rotatable bonds is 5. The Kier molecular flexibility index (Phi) is 6.02. The highest BCUT2D eigenvalue weighted by atomic mass is 35.5. The maximum atomic E-state index is 12.8. The van der Waals surface area contributed by atoms with E-state index in [0.717, 1.165) is 17.7 Å². The van der Waals surface area contributed by atoms with E-state index < -0.39 is 0 Å². The van der Waals surface area contributed by atoms with Crippen molar-refractivity contribution in [1.29, 1.82) is 0 Å². The highest BCUT2D eigenvalue weighted by molar-refractivity contribution is 6.30. The third-order valence-corrected chi connectivity index (χ3v) is 5.52. The summed E-state index contributed by atoms with van der Waals surface area (Å²) in [5, 5.41) is 4.83. The number of aryl methyl sites for hydroxylation is 1. The number of aliphatic imine (C=N–C) groups is 1. The van der Waals surface area contributed by atoms with Crippen molar-refractivity contribution in [2.75, 3.05) is 6.61 Å². The third kappa shape index (κ3) is 4.60. The maximum absolute atomic E-state index is 12.8. The van der Waals surface area contributed by atoms with E-state index in [-0.39, 0.29) is 24.1 Å². The van der Waals surface area contributed by atoms with Crippen molar-refractivity contribution < 1.29 is 9.26 Å². The van der Waals surface area contributed by atoms with Gasteiger partial charge in [-0.25, -0.2) is 9.98 Å². The van der Waals surface area contributed by atoms with E-state index in [1.807, 2.05) is 38.1 Å². The zero-order valence-electron chi connectivity index (χ0n) is 17.9. The van der Waals surface area contributed by atoms with Gasteiger partial charge in [-0.15, -0.1) is 0 Å². The van der Waals surface area contributed by atoms with Crippen LogP contribution < -0.4 is 5.56 Å². The van der Waals surface area contributed by atoms with Crippen LogP contribution in [0.4, 0.5) is 5.82 Å². The summed E-state index contributed by atoms with van der Waals surface area (Å²) in [4.78, 5) is 26.1. The Morgan fingerprint density at radius 1 is 1.23 bits per heavy atom. The molecule has 1 aliphatic rings. The Morgan fingerprint density at radius 3 is 2.68 bits per heavy atom. The van der Waals surface area contributed by atoms with Crippen molar-refractivity contribution in [2.24, 2.45) is 4.99 Å². The molecule has 1 fully saturated rings. The first-order valence-electron chi connectivity index (χ1n) is 10.1. The topological polar surface area (TPSA) is 95.4 Å². The van der Waals surface area contributed by atoms with Gasteiger partial charge in [0.15, 0.2) is 11.6 Å². The SMILES string of the molecule is CC(C)=Nc1nc(C)n(Cc2nc([C@@H]3CO[C@@H](c4ccc(Cl)cc4)C3)no2)c(=O)c1C. The number of hydrogen-bond donors (Lipinski definition) is 0. The lowest BCUT2D eigenvalue weighted by atomic mass is 10.0. The Bertz CT molecular complexity index is 1180. The second-order valence-electron chi connectivity index (χ2n) is 7.91. The highest BCUT2D eigenvalue weighted by Crippen LogP contribution is 2.37. The quantitative estimate of drug-likeness (QED) is 0.547. The molecular weight excluding hydrogens is 418 g/mol. The lowest BCUT2D eigenvalue weighted by Crippen LogP contribution is -2.26. The molecule has 1 saturated heterocycles. The Balaban J connectivity index is 1.50. The van der Waals surface area contributed by atoms with Gasteiger partial charge in [-0.05, 0) is 51.8 Å². The molecule has 0 spiro atoms. The van der Waals surface area contributed by atoms with E-state index in [2.05, 4.69) is 20.1 Å². The molecule has 2 aromatic heterocycles. The molecule has 3 aromatic rings. The van der Waals surface area contributed by atoms with E-state index in [1.165, 1.54) is 4.57 Å². The van der Waals surface area contributed by atoms with Crippen LogP contribution in [0.5, 0.6) is 0 Å². The van der Waals surface area contributed by atoms with Gasteiger partial charge in [0.1, 0.15) is 12.4 Å². The molecule has 9 heteroatoms. The Hall–Kier alpha value is -2.84. The van der Waals surface area contributed by atoms with Crippen molar-refractivity contribution in [3.63, 3.8) is 0 Å². The number of aromatic nitrogens is 4. The van der Waals surface area contributed by atoms with E-state index in [0.29, 0.717) is 40.6 Å². The minimum atomic E-state index is -0.167. The second kappa shape index (κ2) is 8.72. The summed E-state index contributed by atoms with van der Waals surface area (Å²) in [6.45, 7) is 7.89. The normalized spacial score (nSPS) is 18.4. The molecule has 0 aliphatic carbocycles. The largest absolute Gasteiger partial charge is 0.373 e. The number of halogens is 1. The first kappa shape index (κ1) is 21.4. The summed E-state index contributed by atoms with van der Waals surface area (Å²) in [5.74, 6) is 1.97. The maximum Gasteiger partial charge on any atom is 0.259 e. The number of nitrogens with zero attached hydrogens (tertiary/aromatic N) is 5. The van der Waals surface area contributed by atoms with Crippen molar-refractivity contribution in [3.8, 4) is 0 Å². The summed E-state index contributed by atoms with van der Waals surface area (Å²) < 4.78 is 12.9. The molecule has 1 aromatic carbocycles. The van der Waals surface area contributed by atoms with Crippen molar-refractivity contribution in [1.82, 2.24) is 19.7 Å². The molecule has 0 saturated carbocycles. The molecular formula is C22H24ClN5O3. The van der Waals surface area contributed by atoms with Crippen LogP contribution in [0.25, 0.3) is 0 Å². The zero-order valence-corrected chi connectivity index (χ0v) is 18.7. The molecule has 0 amide bonds. The molecule has 4 rings (SSSR count). The minimum Gasteiger partial charge on any atom is -0.373 e. The molecule has 1 aliphatic heterocycles. The Morgan fingerprint density at radius 2 is 1.97 bits per heavy atom. The molecule has 0 bridgehead atoms. The van der Waals surface area contributed by atoms with Crippen LogP contribution in [0, 0.1) is 13.8 Å². The fraction of sp³-hybridized carbons (Fsp3) is 0.409. The predicted octanol–water partition coefficient (Wildman–Crippen LogP) is 4.30. The fourth-order valence-electron chi connectivity index (χ4n) is 3.60. The number of benzene rings is 1. The highest BCUT2D eigenvalue weighted by Gasteiger charge is 2.31. The van der Waals surface area contributed by atoms with Gasteiger partial charge in [0.2, 0.25) is 5.89 Å². The van der Waals surface area contributed by atoms with Crippen LogP contribution >= 0.6 is 11.6 Å². The second-order valence-corrected chi connectivity index (χ2v) is 8.35. The summed E-state index contributed by atoms with van der Waals surface area (Å²) in [6.07, 6.45) is 0.722. The molecule has 0 N–H and O–H groups in total. The predicted molar refractivity (Wildman–Crippen MR) is 117 cm³/mol. The smallest absolute Gasteiger partial charge is 0.259 e. The van der Waals surface area contributed by atoms with Crippen LogP contribution in [-0.4, -0.2) is 32.0 Å². The van der Waals surface area contributed by atoms with Gasteiger partial charge < -0.3 is 9.26 Å². The molecule has 8 nitrogen and oxygen atoms in total. The molecule has 31 heavy (non-hydrogen) atoms. The van der Waals surface area contributed by atoms with Gasteiger partial charge in [0.05, 0.1) is 18.3 Å². The van der Waals surface area contributed by atoms with Gasteiger partial charge in [0.25, 0.3) is 5.56 Å². The van der Waals surface area contributed by atoms with E-state index in [4.69, 9.17) is 20.9 Å². The molecule has 0 radical (unpaired) electrons. The van der Waals surface area contributed by atoms with Gasteiger partial charge in [-0.1, -0.05) is 28.9 Å². The molecule has 162 valence electrons. The molecule has 0 unspecified atom stereocenters. The Labute approximate surface area is 184 Å². The third-order valence-electron chi connectivity index (χ3n) is 5.27. The van der Waals surface area contributed by atoms with Gasteiger partial charge in [-0.2, -0.15) is 4.98 Å². The lowest BCUT2D eigenvalue weighted by molar-refractivity contribution is 0.110. The zero-order chi connectivity index (χ0) is 22.1. The van der Waals surface area contributed by atoms with Crippen LogP contribution in [0.2, 0.25) is 5.02 Å². The van der Waals surface area contributed by atoms with Crippen molar-refractivity contribution >= 4 is 23.1 Å². The van der Waals surface area contributed by atoms with Crippen LogP contribution in [0.3, 0.4) is 0 Å². The monoisotopic (exact) mass is 441 g/mol. The average Bonchev–Trinajstić information content (AvgIpc) is 3.39. The van der Waals surface area contributed by atoms with Gasteiger partial charge in [0, 0.05) is 16.7 Å². The first-order chi connectivity index (χ1) is 14.8. The van der Waals surface area contributed by atoms with E-state index >= 15 is 0 Å². The average molecular weight is 442 g/mol. The van der Waals surface area contributed by atoms with E-state index in [9.17, 15) is 4.79 Å². The molecule has 3 heterocycles. The van der Waals surface area contributed by atoms with Gasteiger partial charge >= 0.3 is 0 Å². The molecule has 2 atom stereocenters. The van der Waals surface area contributed by atoms with Crippen LogP contribution in [-0.2, 0) is 11.3 Å². The fourth-order valence-corrected chi connectivity index (χ4v) is 3.73. The van der Waals surface area contributed by atoms with Crippen LogP contribution in [0.15, 0.2) is 38.6 Å². The summed E-state index contributed by atoms with van der Waals surface area (Å²) in [5.41, 5.74) is 2.23. The summed E-state index contributed by atoms with van der Waals surface area (Å²) >= 11 is 5.97. The van der Waals surface area contributed by atoms with E-state index in [1.54, 1.807) is 13.8 Å². The summed E-state index contributed by atoms with van der Waals surface area (Å²) in [7, 11) is 0. The lowest BCUT2D eigenvalue weighted by Gasteiger charge is -2.09. The first-order valence-corrected chi connectivity index (χ1v) is 10.5. The van der Waals surface area contributed by atoms with Crippen LogP contribution in [0.1, 0.15) is 61.0 Å². The van der Waals surface area contributed by atoms with Gasteiger partial charge in [-0.3, -0.25) is 9.36 Å². The number of hydrogen-bond acceptors (Lipinski definition) is 7. The van der Waals surface area contributed by atoms with Crippen molar-refractivity contribution in [2.45, 2.75) is 52.7 Å². The minimum absolute atomic E-state index is 0.0279. The standard InChI is InChI=1S/C22H24ClN5O3/c1-12(2)24-20-13(3)22(29)28(14(4)25-20)10-19-26-21(27-31-19)16-9-18(30-11-16)15-5-7-17(23)8-6-15/h5-8,16,18H,9-11H2,1-4H3/t16-,18+/m0/s1. The summed E-state index contributed by atoms with van der Waals surface area (Å²) in [6, 6.07) is 7.65.